The molecule has 2 aliphatic rings. The first kappa shape index (κ1) is 28.2. The van der Waals surface area contributed by atoms with Crippen LogP contribution in [-0.4, -0.2) is 40.9 Å². The summed E-state index contributed by atoms with van der Waals surface area (Å²) in [5.41, 5.74) is 7.17. The highest BCUT2D eigenvalue weighted by Crippen LogP contribution is 2.57. The number of piperidine rings is 1. The largest absolute Gasteiger partial charge is 0.403 e. The first-order valence-corrected chi connectivity index (χ1v) is 13.1. The summed E-state index contributed by atoms with van der Waals surface area (Å²) in [4.78, 5) is 18.6. The van der Waals surface area contributed by atoms with E-state index in [2.05, 4.69) is 15.6 Å². The van der Waals surface area contributed by atoms with Crippen LogP contribution in [0, 0.1) is 11.3 Å². The number of nitrogens with zero attached hydrogens (tertiary/aromatic N) is 3. The number of alkyl halides is 6. The zero-order valence-electron chi connectivity index (χ0n) is 21.4. The number of imidazole rings is 1. The van der Waals surface area contributed by atoms with E-state index in [0.29, 0.717) is 44.6 Å². The quantitative estimate of drug-likeness (QED) is 0.233. The van der Waals surface area contributed by atoms with E-state index in [-0.39, 0.29) is 45.3 Å². The van der Waals surface area contributed by atoms with Gasteiger partial charge in [-0.05, 0) is 55.5 Å². The molecule has 1 aliphatic carbocycles. The molecule has 0 unspecified atom stereocenters. The van der Waals surface area contributed by atoms with Crippen molar-refractivity contribution in [3.63, 3.8) is 0 Å². The SMILES string of the molecule is Cn1c(Nc2cc(CNC(=O)C3(C(F)(F)F)CC3)ccc2Cl)nc2cc(N)c(N3CCC(C(F)(F)F)CC3)cc21. The third kappa shape index (κ3) is 5.23. The summed E-state index contributed by atoms with van der Waals surface area (Å²) in [5, 5.41) is 5.81. The molecule has 1 aliphatic heterocycles. The maximum atomic E-state index is 13.2. The molecular formula is C26H27ClF6N6O. The van der Waals surface area contributed by atoms with Crippen LogP contribution in [0.4, 0.5) is 49.4 Å². The van der Waals surface area contributed by atoms with E-state index in [9.17, 15) is 31.1 Å². The molecule has 5 rings (SSSR count). The van der Waals surface area contributed by atoms with Crippen molar-refractivity contribution in [1.82, 2.24) is 14.9 Å². The van der Waals surface area contributed by atoms with Gasteiger partial charge >= 0.3 is 12.4 Å². The number of aromatic nitrogens is 2. The number of nitrogens with one attached hydrogen (secondary N) is 2. The average molecular weight is 589 g/mol. The van der Waals surface area contributed by atoms with Crippen LogP contribution in [0.5, 0.6) is 0 Å². The van der Waals surface area contributed by atoms with Gasteiger partial charge in [0.05, 0.1) is 39.0 Å². The Morgan fingerprint density at radius 1 is 1.12 bits per heavy atom. The van der Waals surface area contributed by atoms with Crippen LogP contribution in [0.15, 0.2) is 30.3 Å². The molecule has 2 fully saturated rings. The van der Waals surface area contributed by atoms with Crippen molar-refractivity contribution in [1.29, 1.82) is 0 Å². The number of nitrogens with two attached hydrogens (primary N) is 1. The van der Waals surface area contributed by atoms with E-state index in [0.717, 1.165) is 0 Å². The number of carbonyl (C=O) groups is 1. The fourth-order valence-electron chi connectivity index (χ4n) is 5.09. The van der Waals surface area contributed by atoms with Crippen LogP contribution >= 0.6 is 11.6 Å². The van der Waals surface area contributed by atoms with Gasteiger partial charge in [0.25, 0.3) is 0 Å². The maximum Gasteiger partial charge on any atom is 0.403 e. The van der Waals surface area contributed by atoms with Crippen LogP contribution in [0.1, 0.15) is 31.2 Å². The highest BCUT2D eigenvalue weighted by Gasteiger charge is 2.68. The first-order valence-electron chi connectivity index (χ1n) is 12.7. The molecule has 0 spiro atoms. The lowest BCUT2D eigenvalue weighted by molar-refractivity contribution is -0.192. The van der Waals surface area contributed by atoms with E-state index in [4.69, 9.17) is 17.3 Å². The topological polar surface area (TPSA) is 88.2 Å². The van der Waals surface area contributed by atoms with Gasteiger partial charge in [-0.2, -0.15) is 26.3 Å². The lowest BCUT2D eigenvalue weighted by Gasteiger charge is -2.35. The lowest BCUT2D eigenvalue weighted by atomic mass is 9.96. The molecule has 7 nitrogen and oxygen atoms in total. The zero-order valence-corrected chi connectivity index (χ0v) is 22.1. The summed E-state index contributed by atoms with van der Waals surface area (Å²) >= 11 is 6.36. The van der Waals surface area contributed by atoms with Crippen molar-refractivity contribution >= 4 is 51.6 Å². The van der Waals surface area contributed by atoms with Crippen molar-refractivity contribution < 1.29 is 31.1 Å². The maximum absolute atomic E-state index is 13.2. The fourth-order valence-corrected chi connectivity index (χ4v) is 5.26. The fraction of sp³-hybridized carbons (Fsp3) is 0.462. The Hall–Kier alpha value is -3.35. The van der Waals surface area contributed by atoms with Crippen molar-refractivity contribution in [2.45, 2.75) is 44.6 Å². The van der Waals surface area contributed by atoms with Gasteiger partial charge in [-0.15, -0.1) is 0 Å². The Balaban J connectivity index is 1.32. The standard InChI is InChI=1S/C26H27ClF6N6O/c1-38-21-12-20(39-8-4-15(5-9-39)25(28,29)30)17(34)11-19(21)37-23(38)36-18-10-14(2-3-16(18)27)13-35-22(40)24(6-7-24)26(31,32)33/h2-3,10-12,15H,4-9,13,34H2,1H3,(H,35,40)(H,36,37). The second kappa shape index (κ2) is 9.93. The second-order valence-electron chi connectivity index (χ2n) is 10.4. The predicted octanol–water partition coefficient (Wildman–Crippen LogP) is 6.29. The van der Waals surface area contributed by atoms with Crippen LogP contribution < -0.4 is 21.3 Å². The van der Waals surface area contributed by atoms with Gasteiger partial charge in [-0.1, -0.05) is 17.7 Å². The number of halogens is 7. The number of amides is 1. The molecule has 1 saturated heterocycles. The van der Waals surface area contributed by atoms with Crippen molar-refractivity contribution in [2.75, 3.05) is 29.0 Å². The number of nitrogen functional groups attached to an aromatic ring is 1. The third-order valence-corrected chi connectivity index (χ3v) is 8.11. The number of carbonyl (C=O) groups excluding carboxylic acids is 1. The molecule has 4 N–H and O–H groups in total. The monoisotopic (exact) mass is 588 g/mol. The van der Waals surface area contributed by atoms with Crippen LogP contribution in [0.3, 0.4) is 0 Å². The van der Waals surface area contributed by atoms with E-state index in [1.54, 1.807) is 41.9 Å². The van der Waals surface area contributed by atoms with Gasteiger partial charge in [0.1, 0.15) is 5.41 Å². The molecule has 0 radical (unpaired) electrons. The highest BCUT2D eigenvalue weighted by molar-refractivity contribution is 6.33. The number of hydrogen-bond donors (Lipinski definition) is 3. The Bertz CT molecular complexity index is 1440. The molecule has 2 aromatic carbocycles. The molecule has 1 aromatic heterocycles. The average Bonchev–Trinajstić information content (AvgIpc) is 3.65. The number of fused-ring (bicyclic) bond motifs is 1. The molecule has 14 heteroatoms. The summed E-state index contributed by atoms with van der Waals surface area (Å²) in [6.45, 7) is 0.341. The minimum atomic E-state index is -4.59. The van der Waals surface area contributed by atoms with E-state index >= 15 is 0 Å². The molecule has 0 atom stereocenters. The zero-order chi connectivity index (χ0) is 29.0. The Morgan fingerprint density at radius 2 is 1.80 bits per heavy atom. The predicted molar refractivity (Wildman–Crippen MR) is 140 cm³/mol. The molecule has 1 saturated carbocycles. The van der Waals surface area contributed by atoms with E-state index in [1.165, 1.54) is 0 Å². The molecule has 1 amide bonds. The number of aryl methyl sites for hydroxylation is 1. The van der Waals surface area contributed by atoms with Crippen molar-refractivity contribution in [3.05, 3.63) is 40.9 Å². The number of benzene rings is 2. The normalized spacial score (nSPS) is 17.8. The van der Waals surface area contributed by atoms with Crippen molar-refractivity contribution in [2.24, 2.45) is 18.4 Å². The van der Waals surface area contributed by atoms with Gasteiger partial charge in [0, 0.05) is 26.7 Å². The van der Waals surface area contributed by atoms with E-state index in [1.807, 2.05) is 4.90 Å². The molecule has 3 aromatic rings. The molecule has 0 bridgehead atoms. The van der Waals surface area contributed by atoms with Crippen LogP contribution in [-0.2, 0) is 18.4 Å². The molecule has 2 heterocycles. The summed E-state index contributed by atoms with van der Waals surface area (Å²) in [6.07, 6.45) is -9.26. The molecule has 40 heavy (non-hydrogen) atoms. The van der Waals surface area contributed by atoms with Gasteiger partial charge in [-0.25, -0.2) is 4.98 Å². The number of anilines is 4. The minimum Gasteiger partial charge on any atom is -0.397 e. The Labute approximate surface area is 230 Å². The Morgan fingerprint density at radius 3 is 2.40 bits per heavy atom. The third-order valence-electron chi connectivity index (χ3n) is 7.79. The van der Waals surface area contributed by atoms with Gasteiger partial charge in [0.15, 0.2) is 0 Å². The summed E-state index contributed by atoms with van der Waals surface area (Å²) in [5.74, 6) is -1.98. The lowest BCUT2D eigenvalue weighted by Crippen LogP contribution is -2.40. The Kier molecular flexibility index (Phi) is 7.00. The summed E-state index contributed by atoms with van der Waals surface area (Å²) in [6, 6.07) is 8.22. The van der Waals surface area contributed by atoms with Crippen LogP contribution in [0.25, 0.3) is 11.0 Å². The number of hydrogen-bond acceptors (Lipinski definition) is 5. The number of rotatable bonds is 6. The highest BCUT2D eigenvalue weighted by atomic mass is 35.5. The van der Waals surface area contributed by atoms with Crippen LogP contribution in [0.2, 0.25) is 5.02 Å². The smallest absolute Gasteiger partial charge is 0.397 e. The summed E-state index contributed by atoms with van der Waals surface area (Å²) < 4.78 is 80.7. The van der Waals surface area contributed by atoms with Gasteiger partial charge in [-0.3, -0.25) is 4.79 Å². The minimum absolute atomic E-state index is 0.00828. The summed E-state index contributed by atoms with van der Waals surface area (Å²) in [7, 11) is 1.75. The van der Waals surface area contributed by atoms with E-state index < -0.39 is 29.6 Å². The molecular weight excluding hydrogens is 562 g/mol. The second-order valence-corrected chi connectivity index (χ2v) is 10.8. The van der Waals surface area contributed by atoms with Crippen molar-refractivity contribution in [3.8, 4) is 0 Å². The molecule has 216 valence electrons. The van der Waals surface area contributed by atoms with Gasteiger partial charge in [0.2, 0.25) is 11.9 Å². The van der Waals surface area contributed by atoms with Gasteiger partial charge < -0.3 is 25.8 Å². The first-order chi connectivity index (χ1) is 18.7.